The molecule has 3 nitrogen and oxygen atoms in total. The molecule has 0 spiro atoms. The van der Waals surface area contributed by atoms with Crippen molar-refractivity contribution in [2.45, 2.75) is 53.7 Å². The minimum Gasteiger partial charge on any atom is -0.289 e. The second kappa shape index (κ2) is 10.9. The van der Waals surface area contributed by atoms with Crippen LogP contribution in [0.15, 0.2) is 163 Å². The molecule has 4 aliphatic rings. The van der Waals surface area contributed by atoms with Crippen LogP contribution in [0.4, 0.5) is 0 Å². The molecule has 0 saturated heterocycles. The molecule has 2 aliphatic carbocycles. The number of sulfone groups is 1. The van der Waals surface area contributed by atoms with Gasteiger partial charge < -0.3 is 0 Å². The van der Waals surface area contributed by atoms with E-state index in [0.717, 1.165) is 41.8 Å². The molecule has 0 N–H and O–H groups in total. The number of allylic oxidation sites excluding steroid dienone is 6. The molecule has 4 aromatic carbocycles. The summed E-state index contributed by atoms with van der Waals surface area (Å²) < 4.78 is 28.0. The zero-order valence-corrected chi connectivity index (χ0v) is 27.6. The highest BCUT2D eigenvalue weighted by Gasteiger charge is 2.39. The number of carbonyl (C=O) groups is 1. The SMILES string of the molecule is CC1C=CC=CC1[SH]1c2ccccc2C(=O)c2ccc(-c3ccc4c(c3)[SH](C3C=CC=CC3C)c3ccccc3S4(=O)=O)cc21. The summed E-state index contributed by atoms with van der Waals surface area (Å²) in [4.78, 5) is 18.7. The third kappa shape index (κ3) is 4.49. The Labute approximate surface area is 270 Å². The van der Waals surface area contributed by atoms with Gasteiger partial charge in [-0.2, -0.15) is 21.8 Å². The van der Waals surface area contributed by atoms with Crippen molar-refractivity contribution < 1.29 is 13.2 Å². The Morgan fingerprint density at radius 1 is 0.533 bits per heavy atom. The van der Waals surface area contributed by atoms with Gasteiger partial charge in [0.05, 0.1) is 9.79 Å². The quantitative estimate of drug-likeness (QED) is 0.218. The molecule has 226 valence electrons. The van der Waals surface area contributed by atoms with Crippen LogP contribution in [0.1, 0.15) is 29.8 Å². The van der Waals surface area contributed by atoms with Gasteiger partial charge >= 0.3 is 0 Å². The van der Waals surface area contributed by atoms with Crippen LogP contribution < -0.4 is 0 Å². The molecule has 0 bridgehead atoms. The molecule has 0 saturated carbocycles. The molecule has 0 aromatic heterocycles. The summed E-state index contributed by atoms with van der Waals surface area (Å²) in [7, 11) is -5.49. The number of benzene rings is 4. The lowest BCUT2D eigenvalue weighted by Gasteiger charge is -2.39. The van der Waals surface area contributed by atoms with Gasteiger partial charge in [0.2, 0.25) is 9.84 Å². The summed E-state index contributed by atoms with van der Waals surface area (Å²) in [6.45, 7) is 4.48. The van der Waals surface area contributed by atoms with Crippen molar-refractivity contribution in [2.75, 3.05) is 0 Å². The van der Waals surface area contributed by atoms with E-state index in [-0.39, 0.29) is 22.2 Å². The highest BCUT2D eigenvalue weighted by molar-refractivity contribution is 8.19. The second-order valence-corrected chi connectivity index (χ2v) is 18.7. The number of hydrogen-bond donors (Lipinski definition) is 2. The van der Waals surface area contributed by atoms with Gasteiger partial charge in [-0.15, -0.1) is 0 Å². The zero-order chi connectivity index (χ0) is 30.9. The molecular formula is C39H34O3S3. The van der Waals surface area contributed by atoms with E-state index in [1.807, 2.05) is 60.7 Å². The van der Waals surface area contributed by atoms with Gasteiger partial charge in [-0.3, -0.25) is 4.79 Å². The number of rotatable bonds is 3. The summed E-state index contributed by atoms with van der Waals surface area (Å²) >= 11 is 0. The Morgan fingerprint density at radius 3 is 1.73 bits per heavy atom. The van der Waals surface area contributed by atoms with E-state index in [0.29, 0.717) is 15.7 Å². The third-order valence-electron chi connectivity index (χ3n) is 9.51. The lowest BCUT2D eigenvalue weighted by Crippen LogP contribution is -2.23. The fraction of sp³-hybridized carbons (Fsp3) is 0.154. The standard InChI is InChI=1S/C39H34O3S3/c1-25-11-3-6-14-31(25)43-33-16-8-5-13-29(33)39(40)30-21-19-27(23-35(30)43)28-20-22-38-36(24-28)44(32-15-7-4-12-26(32)2)34-17-9-10-18-37(34)45(38,41)42/h3-26,31-32,43-44H,1-2H3. The maximum absolute atomic E-state index is 14.0. The molecule has 8 rings (SSSR count). The van der Waals surface area contributed by atoms with Crippen LogP contribution in [-0.2, 0) is 9.84 Å². The van der Waals surface area contributed by atoms with Crippen LogP contribution >= 0.6 is 21.8 Å². The molecule has 6 unspecified atom stereocenters. The van der Waals surface area contributed by atoms with E-state index >= 15 is 0 Å². The zero-order valence-electron chi connectivity index (χ0n) is 25.0. The molecule has 0 radical (unpaired) electrons. The largest absolute Gasteiger partial charge is 0.289 e. The Balaban J connectivity index is 1.30. The highest BCUT2D eigenvalue weighted by Crippen LogP contribution is 2.61. The van der Waals surface area contributed by atoms with Gasteiger partial charge in [-0.05, 0) is 71.5 Å². The van der Waals surface area contributed by atoms with Crippen LogP contribution in [0.25, 0.3) is 11.1 Å². The summed E-state index contributed by atoms with van der Waals surface area (Å²) in [6, 6.07) is 27.8. The van der Waals surface area contributed by atoms with Crippen LogP contribution in [0.3, 0.4) is 0 Å². The van der Waals surface area contributed by atoms with Crippen LogP contribution in [0, 0.1) is 11.8 Å². The van der Waals surface area contributed by atoms with E-state index in [2.05, 4.69) is 80.7 Å². The number of ketones is 1. The monoisotopic (exact) mass is 646 g/mol. The lowest BCUT2D eigenvalue weighted by atomic mass is 9.98. The van der Waals surface area contributed by atoms with Crippen molar-refractivity contribution in [3.05, 3.63) is 145 Å². The van der Waals surface area contributed by atoms with Crippen molar-refractivity contribution >= 4 is 37.4 Å². The third-order valence-corrected chi connectivity index (χ3v) is 17.8. The van der Waals surface area contributed by atoms with Gasteiger partial charge in [0.15, 0.2) is 5.78 Å². The van der Waals surface area contributed by atoms with Gasteiger partial charge in [-0.25, -0.2) is 8.42 Å². The van der Waals surface area contributed by atoms with Gasteiger partial charge in [0.25, 0.3) is 0 Å². The van der Waals surface area contributed by atoms with Gasteiger partial charge in [0.1, 0.15) is 0 Å². The highest BCUT2D eigenvalue weighted by atomic mass is 32.2. The minimum absolute atomic E-state index is 0.0803. The van der Waals surface area contributed by atoms with Crippen molar-refractivity contribution in [3.8, 4) is 11.1 Å². The summed E-state index contributed by atoms with van der Waals surface area (Å²) in [5.74, 6) is 0.706. The molecule has 0 amide bonds. The molecule has 45 heavy (non-hydrogen) atoms. The second-order valence-electron chi connectivity index (χ2n) is 12.2. The number of thiol groups is 2. The Kier molecular flexibility index (Phi) is 6.93. The average molecular weight is 647 g/mol. The van der Waals surface area contributed by atoms with E-state index in [1.54, 1.807) is 6.07 Å². The first-order valence-electron chi connectivity index (χ1n) is 15.4. The fourth-order valence-electron chi connectivity index (χ4n) is 7.20. The van der Waals surface area contributed by atoms with Crippen molar-refractivity contribution in [1.82, 2.24) is 0 Å². The number of fused-ring (bicyclic) bond motifs is 4. The molecule has 2 heterocycles. The summed E-state index contributed by atoms with van der Waals surface area (Å²) in [6.07, 6.45) is 17.5. The molecule has 2 aliphatic heterocycles. The predicted molar refractivity (Wildman–Crippen MR) is 187 cm³/mol. The van der Waals surface area contributed by atoms with Crippen molar-refractivity contribution in [2.24, 2.45) is 11.8 Å². The maximum Gasteiger partial charge on any atom is 0.208 e. The van der Waals surface area contributed by atoms with Crippen LogP contribution in [0.2, 0.25) is 0 Å². The first kappa shape index (κ1) is 28.6. The van der Waals surface area contributed by atoms with E-state index < -0.39 is 31.6 Å². The number of carbonyl (C=O) groups excluding carboxylic acids is 1. The molecular weight excluding hydrogens is 613 g/mol. The Hall–Kier alpha value is -3.84. The Morgan fingerprint density at radius 2 is 1.04 bits per heavy atom. The average Bonchev–Trinajstić information content (AvgIpc) is 3.06. The topological polar surface area (TPSA) is 51.2 Å². The lowest BCUT2D eigenvalue weighted by molar-refractivity contribution is 0.103. The van der Waals surface area contributed by atoms with Crippen LogP contribution in [0.5, 0.6) is 0 Å². The summed E-state index contributed by atoms with van der Waals surface area (Å²) in [5, 5.41) is 0.465. The molecule has 6 atom stereocenters. The first-order chi connectivity index (χ1) is 21.8. The normalized spacial score (nSPS) is 28.5. The number of hydrogen-bond acceptors (Lipinski definition) is 3. The molecule has 0 fully saturated rings. The van der Waals surface area contributed by atoms with E-state index in [1.165, 1.54) is 0 Å². The fourth-order valence-corrected chi connectivity index (χ4v) is 16.0. The van der Waals surface area contributed by atoms with E-state index in [4.69, 9.17) is 0 Å². The molecule has 4 aromatic rings. The molecule has 6 heteroatoms. The first-order valence-corrected chi connectivity index (χ1v) is 19.7. The van der Waals surface area contributed by atoms with Crippen LogP contribution in [-0.4, -0.2) is 24.7 Å². The summed E-state index contributed by atoms with van der Waals surface area (Å²) in [5.41, 5.74) is 3.59. The van der Waals surface area contributed by atoms with E-state index in [9.17, 15) is 13.2 Å². The minimum atomic E-state index is -3.66. The van der Waals surface area contributed by atoms with Gasteiger partial charge in [0, 0.05) is 41.2 Å². The smallest absolute Gasteiger partial charge is 0.208 e. The van der Waals surface area contributed by atoms with Crippen molar-refractivity contribution in [3.63, 3.8) is 0 Å². The van der Waals surface area contributed by atoms with Gasteiger partial charge in [-0.1, -0.05) is 98.9 Å². The maximum atomic E-state index is 14.0. The Bertz CT molecular complexity index is 2120. The predicted octanol–water partition coefficient (Wildman–Crippen LogP) is 9.14. The van der Waals surface area contributed by atoms with Crippen molar-refractivity contribution in [1.29, 1.82) is 0 Å².